The Morgan fingerprint density at radius 2 is 1.74 bits per heavy atom. The molecule has 8 nitrogen and oxygen atoms in total. The van der Waals surface area contributed by atoms with Crippen LogP contribution in [0.25, 0.3) is 44.4 Å². The fourth-order valence-electron chi connectivity index (χ4n) is 4.63. The summed E-state index contributed by atoms with van der Waals surface area (Å²) in [5.41, 5.74) is 7.55. The van der Waals surface area contributed by atoms with Crippen molar-refractivity contribution in [1.82, 2.24) is 19.7 Å². The molecule has 0 aliphatic heterocycles. The lowest BCUT2D eigenvalue weighted by molar-refractivity contribution is 0.445. The zero-order chi connectivity index (χ0) is 26.6. The quantitative estimate of drug-likeness (QED) is 0.323. The Hall–Kier alpha value is -5.12. The van der Waals surface area contributed by atoms with Crippen molar-refractivity contribution in [2.24, 2.45) is 0 Å². The molecule has 0 bridgehead atoms. The predicted molar refractivity (Wildman–Crippen MR) is 138 cm³/mol. The Kier molecular flexibility index (Phi) is 5.37. The number of nitrogens with two attached hydrogens (primary N) is 1. The first-order valence-electron chi connectivity index (χ1n) is 11.6. The van der Waals surface area contributed by atoms with E-state index in [9.17, 15) is 18.7 Å². The molecule has 3 N–H and O–H groups in total. The van der Waals surface area contributed by atoms with Gasteiger partial charge in [0.05, 0.1) is 16.3 Å². The molecule has 1 atom stereocenters. The maximum Gasteiger partial charge on any atom is 0.200 e. The highest BCUT2D eigenvalue weighted by molar-refractivity contribution is 5.98. The van der Waals surface area contributed by atoms with Crippen molar-refractivity contribution >= 4 is 27.8 Å². The molecule has 38 heavy (non-hydrogen) atoms. The molecule has 6 rings (SSSR count). The maximum atomic E-state index is 14.2. The summed E-state index contributed by atoms with van der Waals surface area (Å²) in [5, 5.41) is 15.3. The minimum absolute atomic E-state index is 0.0255. The molecule has 0 saturated carbocycles. The minimum atomic E-state index is -0.752. The highest BCUT2D eigenvalue weighted by Crippen LogP contribution is 2.37. The molecular formula is C28H19F2N5O3. The van der Waals surface area contributed by atoms with Crippen molar-refractivity contribution in [3.63, 3.8) is 0 Å². The Labute approximate surface area is 213 Å². The normalized spacial score (nSPS) is 12.3. The topological polar surface area (TPSA) is 120 Å². The summed E-state index contributed by atoms with van der Waals surface area (Å²) in [6, 6.07) is 14.9. The van der Waals surface area contributed by atoms with Crippen molar-refractivity contribution in [3.8, 4) is 28.1 Å². The Balaban J connectivity index is 1.65. The second-order valence-electron chi connectivity index (χ2n) is 8.80. The van der Waals surface area contributed by atoms with Gasteiger partial charge in [0.25, 0.3) is 0 Å². The van der Waals surface area contributed by atoms with E-state index in [1.165, 1.54) is 53.5 Å². The monoisotopic (exact) mass is 511 g/mol. The van der Waals surface area contributed by atoms with E-state index in [1.54, 1.807) is 25.1 Å². The van der Waals surface area contributed by atoms with Gasteiger partial charge >= 0.3 is 0 Å². The van der Waals surface area contributed by atoms with Crippen molar-refractivity contribution in [2.75, 3.05) is 5.73 Å². The SMILES string of the molecule is CC(c1oc2ccc(F)cc2c(=O)c1-c1cccc(F)c1)n1nc(-c2cccc(O)c2)c2c(N)ncnc21. The number of aromatic hydroxyl groups is 1. The molecule has 1 unspecified atom stereocenters. The Morgan fingerprint density at radius 1 is 0.974 bits per heavy atom. The lowest BCUT2D eigenvalue weighted by Crippen LogP contribution is -2.16. The van der Waals surface area contributed by atoms with Crippen LogP contribution in [0.4, 0.5) is 14.6 Å². The van der Waals surface area contributed by atoms with Crippen LogP contribution in [-0.4, -0.2) is 24.9 Å². The molecule has 0 aliphatic rings. The molecule has 0 aliphatic carbocycles. The van der Waals surface area contributed by atoms with Crippen LogP contribution in [0.5, 0.6) is 5.75 Å². The van der Waals surface area contributed by atoms with Crippen LogP contribution < -0.4 is 11.2 Å². The molecule has 10 heteroatoms. The van der Waals surface area contributed by atoms with Crippen LogP contribution in [0.2, 0.25) is 0 Å². The zero-order valence-electron chi connectivity index (χ0n) is 19.9. The van der Waals surface area contributed by atoms with Gasteiger partial charge in [-0.2, -0.15) is 5.10 Å². The summed E-state index contributed by atoms with van der Waals surface area (Å²) in [6.45, 7) is 1.74. The van der Waals surface area contributed by atoms with Gasteiger partial charge < -0.3 is 15.3 Å². The van der Waals surface area contributed by atoms with E-state index in [4.69, 9.17) is 15.2 Å². The van der Waals surface area contributed by atoms with E-state index >= 15 is 0 Å². The van der Waals surface area contributed by atoms with Gasteiger partial charge in [0.1, 0.15) is 52.6 Å². The van der Waals surface area contributed by atoms with Gasteiger partial charge in [0, 0.05) is 5.56 Å². The maximum absolute atomic E-state index is 14.2. The number of hydrogen-bond acceptors (Lipinski definition) is 7. The first kappa shape index (κ1) is 23.3. The number of anilines is 1. The van der Waals surface area contributed by atoms with Crippen LogP contribution in [-0.2, 0) is 0 Å². The third kappa shape index (κ3) is 3.74. The standard InChI is InChI=1S/C28H19F2N5O3/c1-14(35-28-23(27(31)32-13-33-28)24(34-35)16-5-3-7-19(36)11-16)26-22(15-4-2-6-17(29)10-15)25(37)20-12-18(30)8-9-21(20)38-26/h2-14,36H,1H3,(H2,31,32,33). The van der Waals surface area contributed by atoms with Crippen LogP contribution in [0.15, 0.2) is 82.3 Å². The van der Waals surface area contributed by atoms with Crippen LogP contribution in [0.1, 0.15) is 18.7 Å². The highest BCUT2D eigenvalue weighted by Gasteiger charge is 2.27. The summed E-state index contributed by atoms with van der Waals surface area (Å²) < 4.78 is 36.0. The lowest BCUT2D eigenvalue weighted by atomic mass is 9.99. The lowest BCUT2D eigenvalue weighted by Gasteiger charge is -2.17. The summed E-state index contributed by atoms with van der Waals surface area (Å²) in [7, 11) is 0. The largest absolute Gasteiger partial charge is 0.508 e. The number of halogens is 2. The molecule has 0 saturated heterocycles. The van der Waals surface area contributed by atoms with E-state index < -0.39 is 23.1 Å². The first-order chi connectivity index (χ1) is 18.3. The molecule has 6 aromatic rings. The molecule has 3 heterocycles. The minimum Gasteiger partial charge on any atom is -0.508 e. The van der Waals surface area contributed by atoms with Gasteiger partial charge in [0.2, 0.25) is 5.43 Å². The molecule has 188 valence electrons. The molecule has 3 aromatic carbocycles. The second kappa shape index (κ2) is 8.77. The molecule has 0 amide bonds. The van der Waals surface area contributed by atoms with Gasteiger partial charge in [-0.1, -0.05) is 24.3 Å². The third-order valence-electron chi connectivity index (χ3n) is 6.38. The van der Waals surface area contributed by atoms with Crippen molar-refractivity contribution in [1.29, 1.82) is 0 Å². The van der Waals surface area contributed by atoms with Gasteiger partial charge in [-0.25, -0.2) is 23.4 Å². The van der Waals surface area contributed by atoms with E-state index in [2.05, 4.69) is 9.97 Å². The van der Waals surface area contributed by atoms with Crippen molar-refractivity contribution in [3.05, 3.63) is 101 Å². The number of phenols is 1. The molecular weight excluding hydrogens is 492 g/mol. The summed E-state index contributed by atoms with van der Waals surface area (Å²) in [6.07, 6.45) is 1.29. The molecule has 0 fully saturated rings. The number of nitrogen functional groups attached to an aromatic ring is 1. The molecule has 3 aromatic heterocycles. The van der Waals surface area contributed by atoms with Gasteiger partial charge in [-0.05, 0) is 55.0 Å². The van der Waals surface area contributed by atoms with Crippen LogP contribution in [0, 0.1) is 11.6 Å². The second-order valence-corrected chi connectivity index (χ2v) is 8.80. The molecule has 0 radical (unpaired) electrons. The van der Waals surface area contributed by atoms with Gasteiger partial charge in [0.15, 0.2) is 5.65 Å². The number of hydrogen-bond donors (Lipinski definition) is 2. The number of phenolic OH excluding ortho intramolecular Hbond substituents is 1. The van der Waals surface area contributed by atoms with Gasteiger partial charge in [-0.15, -0.1) is 0 Å². The summed E-state index contributed by atoms with van der Waals surface area (Å²) in [5.74, 6) is -0.765. The summed E-state index contributed by atoms with van der Waals surface area (Å²) in [4.78, 5) is 22.2. The average Bonchev–Trinajstić information content (AvgIpc) is 3.29. The highest BCUT2D eigenvalue weighted by atomic mass is 19.1. The van der Waals surface area contributed by atoms with Crippen LogP contribution in [0.3, 0.4) is 0 Å². The Morgan fingerprint density at radius 3 is 2.53 bits per heavy atom. The molecule has 0 spiro atoms. The number of rotatable bonds is 4. The number of benzene rings is 3. The fourth-order valence-corrected chi connectivity index (χ4v) is 4.63. The van der Waals surface area contributed by atoms with E-state index in [0.29, 0.717) is 22.3 Å². The van der Waals surface area contributed by atoms with E-state index in [0.717, 1.165) is 6.07 Å². The first-order valence-corrected chi connectivity index (χ1v) is 11.6. The average molecular weight is 511 g/mol. The van der Waals surface area contributed by atoms with Crippen LogP contribution >= 0.6 is 0 Å². The third-order valence-corrected chi connectivity index (χ3v) is 6.38. The number of nitrogens with zero attached hydrogens (tertiary/aromatic N) is 4. The number of aromatic nitrogens is 4. The predicted octanol–water partition coefficient (Wildman–Crippen LogP) is 5.44. The van der Waals surface area contributed by atoms with Crippen molar-refractivity contribution in [2.45, 2.75) is 13.0 Å². The number of fused-ring (bicyclic) bond motifs is 2. The Bertz CT molecular complexity index is 1930. The van der Waals surface area contributed by atoms with Crippen molar-refractivity contribution < 1.29 is 18.3 Å². The van der Waals surface area contributed by atoms with E-state index in [-0.39, 0.29) is 39.4 Å². The smallest absolute Gasteiger partial charge is 0.200 e. The fraction of sp³-hybridized carbons (Fsp3) is 0.0714. The van der Waals surface area contributed by atoms with Gasteiger partial charge in [-0.3, -0.25) is 4.79 Å². The summed E-state index contributed by atoms with van der Waals surface area (Å²) >= 11 is 0. The zero-order valence-corrected chi connectivity index (χ0v) is 19.9. The van der Waals surface area contributed by atoms with E-state index in [1.807, 2.05) is 0 Å².